The summed E-state index contributed by atoms with van der Waals surface area (Å²) >= 11 is 3.30. The lowest BCUT2D eigenvalue weighted by Crippen LogP contribution is -2.37. The zero-order chi connectivity index (χ0) is 21.2. The molecule has 4 heterocycles. The first-order valence-electron chi connectivity index (χ1n) is 10.0. The van der Waals surface area contributed by atoms with Crippen molar-refractivity contribution in [2.45, 2.75) is 12.5 Å². The Labute approximate surface area is 189 Å². The fourth-order valence-electron chi connectivity index (χ4n) is 4.27. The van der Waals surface area contributed by atoms with E-state index in [1.807, 2.05) is 11.4 Å². The third-order valence-electron chi connectivity index (χ3n) is 5.62. The van der Waals surface area contributed by atoms with E-state index in [4.69, 9.17) is 10.5 Å². The molecule has 0 saturated carbocycles. The number of allylic oxidation sites excluding steroid dienone is 1. The molecule has 0 saturated heterocycles. The van der Waals surface area contributed by atoms with Crippen LogP contribution in [0.3, 0.4) is 0 Å². The van der Waals surface area contributed by atoms with Crippen LogP contribution in [-0.4, -0.2) is 18.0 Å². The first kappa shape index (κ1) is 19.8. The first-order chi connectivity index (χ1) is 15.2. The van der Waals surface area contributed by atoms with Crippen LogP contribution in [0.5, 0.6) is 0 Å². The highest BCUT2D eigenvalue weighted by Crippen LogP contribution is 2.44. The minimum Gasteiger partial charge on any atom is -0.440 e. The summed E-state index contributed by atoms with van der Waals surface area (Å²) in [4.78, 5) is 2.41. The molecule has 5 rings (SSSR count). The number of ether oxygens (including phenoxy) is 1. The molecule has 2 aromatic heterocycles. The molecule has 2 aliphatic heterocycles. The fourth-order valence-corrected chi connectivity index (χ4v) is 5.58. The van der Waals surface area contributed by atoms with Gasteiger partial charge in [-0.05, 0) is 62.0 Å². The van der Waals surface area contributed by atoms with Crippen LogP contribution in [-0.2, 0) is 11.3 Å². The standard InChI is InChI=1S/C25H21N3OS2/c26-11-21-23(19-7-9-31-16-19)22-14-28(12-17-4-2-1-3-5-17)13-20(24(22)29-25(21)27)10-18-6-8-30-15-18/h1-10,15-16,23H,12-14,27H2/b20-10+/t23-/m0/s1. The maximum absolute atomic E-state index is 9.88. The average Bonchev–Trinajstić information content (AvgIpc) is 3.48. The number of hydrogen-bond donors (Lipinski definition) is 1. The van der Waals surface area contributed by atoms with E-state index >= 15 is 0 Å². The smallest absolute Gasteiger partial charge is 0.205 e. The molecule has 0 spiro atoms. The van der Waals surface area contributed by atoms with Gasteiger partial charge in [0.15, 0.2) is 0 Å². The second kappa shape index (κ2) is 8.56. The number of nitrogens with two attached hydrogens (primary N) is 1. The lowest BCUT2D eigenvalue weighted by molar-refractivity contribution is 0.230. The molecule has 0 fully saturated rings. The zero-order valence-electron chi connectivity index (χ0n) is 16.8. The summed E-state index contributed by atoms with van der Waals surface area (Å²) in [6.45, 7) is 2.31. The second-order valence-electron chi connectivity index (χ2n) is 7.69. The molecule has 6 heteroatoms. The number of nitrogens with zero attached hydrogens (tertiary/aromatic N) is 2. The van der Waals surface area contributed by atoms with Crippen molar-refractivity contribution in [3.05, 3.63) is 109 Å². The van der Waals surface area contributed by atoms with Gasteiger partial charge < -0.3 is 10.5 Å². The van der Waals surface area contributed by atoms with Gasteiger partial charge in [0.25, 0.3) is 0 Å². The van der Waals surface area contributed by atoms with Crippen LogP contribution in [0, 0.1) is 11.3 Å². The van der Waals surface area contributed by atoms with E-state index in [-0.39, 0.29) is 11.8 Å². The minimum absolute atomic E-state index is 0.176. The summed E-state index contributed by atoms with van der Waals surface area (Å²) < 4.78 is 6.11. The Balaban J connectivity index is 1.60. The van der Waals surface area contributed by atoms with Gasteiger partial charge in [-0.15, -0.1) is 0 Å². The molecule has 0 radical (unpaired) electrons. The summed E-state index contributed by atoms with van der Waals surface area (Å²) in [5.41, 5.74) is 12.5. The fraction of sp³-hybridized carbons (Fsp3) is 0.160. The van der Waals surface area contributed by atoms with Gasteiger partial charge in [-0.3, -0.25) is 4.90 Å². The van der Waals surface area contributed by atoms with Crippen LogP contribution in [0.1, 0.15) is 22.6 Å². The number of benzene rings is 1. The van der Waals surface area contributed by atoms with Crippen LogP contribution in [0.25, 0.3) is 6.08 Å². The Morgan fingerprint density at radius 3 is 2.61 bits per heavy atom. The van der Waals surface area contributed by atoms with Gasteiger partial charge >= 0.3 is 0 Å². The highest BCUT2D eigenvalue weighted by molar-refractivity contribution is 7.08. The van der Waals surface area contributed by atoms with Crippen LogP contribution in [0.2, 0.25) is 0 Å². The van der Waals surface area contributed by atoms with E-state index in [0.29, 0.717) is 5.57 Å². The minimum atomic E-state index is -0.176. The first-order valence-corrected chi connectivity index (χ1v) is 11.9. The Bertz CT molecular complexity index is 1200. The average molecular weight is 444 g/mol. The molecule has 4 nitrogen and oxygen atoms in total. The zero-order valence-corrected chi connectivity index (χ0v) is 18.5. The van der Waals surface area contributed by atoms with E-state index in [0.717, 1.165) is 47.7 Å². The Morgan fingerprint density at radius 2 is 1.90 bits per heavy atom. The van der Waals surface area contributed by atoms with Crippen molar-refractivity contribution in [1.82, 2.24) is 4.90 Å². The van der Waals surface area contributed by atoms with Crippen molar-refractivity contribution in [2.75, 3.05) is 13.1 Å². The van der Waals surface area contributed by atoms with Gasteiger partial charge in [0.2, 0.25) is 5.88 Å². The van der Waals surface area contributed by atoms with Crippen LogP contribution in [0.15, 0.2) is 92.3 Å². The highest BCUT2D eigenvalue weighted by Gasteiger charge is 2.37. The Hall–Kier alpha value is -3.11. The quantitative estimate of drug-likeness (QED) is 0.581. The second-order valence-corrected chi connectivity index (χ2v) is 9.25. The van der Waals surface area contributed by atoms with E-state index in [1.165, 1.54) is 5.56 Å². The third-order valence-corrected chi connectivity index (χ3v) is 7.02. The SMILES string of the molecule is N#CC1=C(N)OC2=C(CN(Cc3ccccc3)C/C2=C\c2ccsc2)[C@H]1c1ccsc1. The summed E-state index contributed by atoms with van der Waals surface area (Å²) in [6, 6.07) is 17.0. The monoisotopic (exact) mass is 443 g/mol. The molecule has 1 atom stereocenters. The predicted octanol–water partition coefficient (Wildman–Crippen LogP) is 5.47. The largest absolute Gasteiger partial charge is 0.440 e. The Kier molecular flexibility index (Phi) is 5.47. The molecule has 0 unspecified atom stereocenters. The lowest BCUT2D eigenvalue weighted by atomic mass is 9.81. The molecule has 1 aromatic carbocycles. The normalized spacial score (nSPS) is 20.5. The van der Waals surface area contributed by atoms with Gasteiger partial charge in [-0.2, -0.15) is 27.9 Å². The van der Waals surface area contributed by atoms with E-state index in [9.17, 15) is 5.26 Å². The van der Waals surface area contributed by atoms with Gasteiger partial charge in [0.1, 0.15) is 17.4 Å². The van der Waals surface area contributed by atoms with Crippen molar-refractivity contribution in [3.63, 3.8) is 0 Å². The highest BCUT2D eigenvalue weighted by atomic mass is 32.1. The molecule has 0 aliphatic carbocycles. The molecule has 2 aliphatic rings. The van der Waals surface area contributed by atoms with Crippen molar-refractivity contribution in [3.8, 4) is 6.07 Å². The molecule has 3 aromatic rings. The topological polar surface area (TPSA) is 62.3 Å². The molecule has 154 valence electrons. The van der Waals surface area contributed by atoms with E-state index in [1.54, 1.807) is 22.7 Å². The van der Waals surface area contributed by atoms with Crippen molar-refractivity contribution < 1.29 is 4.74 Å². The summed E-state index contributed by atoms with van der Waals surface area (Å²) in [6.07, 6.45) is 2.18. The molecule has 2 N–H and O–H groups in total. The van der Waals surface area contributed by atoms with Gasteiger partial charge in [0, 0.05) is 25.2 Å². The molecule has 0 bridgehead atoms. The van der Waals surface area contributed by atoms with Crippen LogP contribution < -0.4 is 5.73 Å². The summed E-state index contributed by atoms with van der Waals surface area (Å²) in [5.74, 6) is 0.859. The van der Waals surface area contributed by atoms with Crippen LogP contribution >= 0.6 is 22.7 Å². The third kappa shape index (κ3) is 3.96. The van der Waals surface area contributed by atoms with Gasteiger partial charge in [0.05, 0.1) is 5.92 Å². The number of rotatable bonds is 4. The van der Waals surface area contributed by atoms with Crippen molar-refractivity contribution >= 4 is 28.7 Å². The maximum atomic E-state index is 9.88. The number of hydrogen-bond acceptors (Lipinski definition) is 6. The van der Waals surface area contributed by atoms with Gasteiger partial charge in [-0.1, -0.05) is 30.3 Å². The van der Waals surface area contributed by atoms with Crippen molar-refractivity contribution in [1.29, 1.82) is 5.26 Å². The summed E-state index contributed by atoms with van der Waals surface area (Å²) in [5, 5.41) is 18.2. The van der Waals surface area contributed by atoms with Crippen LogP contribution in [0.4, 0.5) is 0 Å². The molecular formula is C25H21N3OS2. The number of thiophene rings is 2. The Morgan fingerprint density at radius 1 is 1.10 bits per heavy atom. The van der Waals surface area contributed by atoms with Crippen molar-refractivity contribution in [2.24, 2.45) is 5.73 Å². The van der Waals surface area contributed by atoms with E-state index in [2.05, 4.69) is 69.6 Å². The number of nitriles is 1. The predicted molar refractivity (Wildman–Crippen MR) is 126 cm³/mol. The molecule has 31 heavy (non-hydrogen) atoms. The molecular weight excluding hydrogens is 422 g/mol. The lowest BCUT2D eigenvalue weighted by Gasteiger charge is -2.38. The van der Waals surface area contributed by atoms with E-state index < -0.39 is 0 Å². The molecule has 0 amide bonds. The van der Waals surface area contributed by atoms with Gasteiger partial charge in [-0.25, -0.2) is 0 Å². The maximum Gasteiger partial charge on any atom is 0.205 e. The summed E-state index contributed by atoms with van der Waals surface area (Å²) in [7, 11) is 0.